The van der Waals surface area contributed by atoms with Crippen LogP contribution in [0.3, 0.4) is 0 Å². The Morgan fingerprint density at radius 1 is 1.17 bits per heavy atom. The second kappa shape index (κ2) is 5.80. The summed E-state index contributed by atoms with van der Waals surface area (Å²) >= 11 is 0. The lowest BCUT2D eigenvalue weighted by Gasteiger charge is -2.30. The predicted octanol–water partition coefficient (Wildman–Crippen LogP) is 2.74. The highest BCUT2D eigenvalue weighted by Crippen LogP contribution is 2.33. The zero-order valence-electron chi connectivity index (χ0n) is 13.6. The molecule has 2 fully saturated rings. The van der Waals surface area contributed by atoms with E-state index in [2.05, 4.69) is 5.32 Å². The van der Waals surface area contributed by atoms with E-state index < -0.39 is 11.6 Å². The quantitative estimate of drug-likeness (QED) is 0.689. The molecule has 2 aliphatic rings. The summed E-state index contributed by atoms with van der Waals surface area (Å²) in [4.78, 5) is 38.5. The topological polar surface area (TPSA) is 66.5 Å². The van der Waals surface area contributed by atoms with Crippen LogP contribution in [0.2, 0.25) is 0 Å². The highest BCUT2D eigenvalue weighted by atomic mass is 16.2. The number of carbonyl (C=O) groups is 3. The number of rotatable bonds is 3. The fraction of sp³-hybridized carbons (Fsp3) is 0.500. The molecular formula is C18H22N2O3. The average Bonchev–Trinajstić information content (AvgIpc) is 2.72. The molecule has 23 heavy (non-hydrogen) atoms. The Kier molecular flexibility index (Phi) is 3.96. The van der Waals surface area contributed by atoms with E-state index in [1.54, 1.807) is 6.07 Å². The number of aryl methyl sites for hydroxylation is 2. The lowest BCUT2D eigenvalue weighted by atomic mass is 9.82. The number of urea groups is 1. The van der Waals surface area contributed by atoms with Gasteiger partial charge in [0.25, 0.3) is 5.91 Å². The van der Waals surface area contributed by atoms with Crippen LogP contribution >= 0.6 is 0 Å². The maximum Gasteiger partial charge on any atom is 0.325 e. The number of benzene rings is 1. The fourth-order valence-electron chi connectivity index (χ4n) is 3.67. The molecule has 1 aromatic rings. The first kappa shape index (κ1) is 15.7. The summed E-state index contributed by atoms with van der Waals surface area (Å²) in [6, 6.07) is 5.13. The molecule has 1 saturated carbocycles. The molecule has 0 atom stereocenters. The summed E-state index contributed by atoms with van der Waals surface area (Å²) < 4.78 is 0. The van der Waals surface area contributed by atoms with Gasteiger partial charge in [0, 0.05) is 5.56 Å². The van der Waals surface area contributed by atoms with E-state index in [1.807, 2.05) is 26.0 Å². The van der Waals surface area contributed by atoms with Gasteiger partial charge in [0.05, 0.1) is 6.54 Å². The minimum Gasteiger partial charge on any atom is -0.323 e. The van der Waals surface area contributed by atoms with Crippen molar-refractivity contribution in [2.75, 3.05) is 6.54 Å². The van der Waals surface area contributed by atoms with Crippen LogP contribution in [0, 0.1) is 13.8 Å². The Balaban J connectivity index is 1.78. The number of nitrogens with zero attached hydrogens (tertiary/aromatic N) is 1. The summed E-state index contributed by atoms with van der Waals surface area (Å²) in [6.45, 7) is 3.65. The van der Waals surface area contributed by atoms with Crippen molar-refractivity contribution in [3.05, 3.63) is 34.9 Å². The molecule has 122 valence electrons. The van der Waals surface area contributed by atoms with Gasteiger partial charge in [0.1, 0.15) is 5.54 Å². The van der Waals surface area contributed by atoms with Crippen LogP contribution in [0.15, 0.2) is 18.2 Å². The van der Waals surface area contributed by atoms with Crippen molar-refractivity contribution in [2.24, 2.45) is 0 Å². The normalized spacial score (nSPS) is 20.0. The molecule has 3 rings (SSSR count). The van der Waals surface area contributed by atoms with E-state index >= 15 is 0 Å². The van der Waals surface area contributed by atoms with Crippen LogP contribution < -0.4 is 5.32 Å². The number of Topliss-reactive ketones (excluding diaryl/α,β-unsaturated/α-hetero) is 1. The highest BCUT2D eigenvalue weighted by Gasteiger charge is 2.51. The Labute approximate surface area is 136 Å². The Bertz CT molecular complexity index is 675. The van der Waals surface area contributed by atoms with E-state index in [4.69, 9.17) is 0 Å². The fourth-order valence-corrected chi connectivity index (χ4v) is 3.67. The number of hydrogen-bond donors (Lipinski definition) is 1. The second-order valence-electron chi connectivity index (χ2n) is 6.71. The van der Waals surface area contributed by atoms with Crippen LogP contribution in [0.25, 0.3) is 0 Å². The number of ketones is 1. The molecular weight excluding hydrogens is 292 g/mol. The molecule has 1 spiro atoms. The Morgan fingerprint density at radius 3 is 2.52 bits per heavy atom. The SMILES string of the molecule is Cc1ccc(C(=O)CN2C(=O)NC3(CCCCC3)C2=O)c(C)c1. The number of nitrogens with one attached hydrogen (secondary N) is 1. The number of amides is 3. The van der Waals surface area contributed by atoms with Crippen LogP contribution in [-0.2, 0) is 4.79 Å². The largest absolute Gasteiger partial charge is 0.325 e. The molecule has 5 heteroatoms. The van der Waals surface area contributed by atoms with Crippen LogP contribution in [0.1, 0.15) is 53.6 Å². The van der Waals surface area contributed by atoms with Gasteiger partial charge in [-0.1, -0.05) is 43.0 Å². The first-order valence-electron chi connectivity index (χ1n) is 8.17. The van der Waals surface area contributed by atoms with Crippen molar-refractivity contribution in [2.45, 2.75) is 51.5 Å². The van der Waals surface area contributed by atoms with E-state index in [0.717, 1.165) is 35.3 Å². The third-order valence-corrected chi connectivity index (χ3v) is 4.94. The minimum absolute atomic E-state index is 0.184. The van der Waals surface area contributed by atoms with E-state index in [-0.39, 0.29) is 18.2 Å². The molecule has 1 aliphatic heterocycles. The van der Waals surface area contributed by atoms with Gasteiger partial charge in [-0.05, 0) is 32.3 Å². The molecule has 0 bridgehead atoms. The first-order valence-corrected chi connectivity index (χ1v) is 8.17. The van der Waals surface area contributed by atoms with Gasteiger partial charge in [0.15, 0.2) is 5.78 Å². The Hall–Kier alpha value is -2.17. The maximum atomic E-state index is 12.7. The molecule has 1 aromatic carbocycles. The van der Waals surface area contributed by atoms with Crippen LogP contribution in [0.5, 0.6) is 0 Å². The van der Waals surface area contributed by atoms with Crippen molar-refractivity contribution in [3.63, 3.8) is 0 Å². The number of hydrogen-bond acceptors (Lipinski definition) is 3. The molecule has 3 amide bonds. The molecule has 5 nitrogen and oxygen atoms in total. The predicted molar refractivity (Wildman–Crippen MR) is 86.3 cm³/mol. The van der Waals surface area contributed by atoms with Crippen molar-refractivity contribution in [1.29, 1.82) is 0 Å². The van der Waals surface area contributed by atoms with Crippen molar-refractivity contribution in [1.82, 2.24) is 10.2 Å². The van der Waals surface area contributed by atoms with Crippen molar-refractivity contribution in [3.8, 4) is 0 Å². The molecule has 0 radical (unpaired) electrons. The summed E-state index contributed by atoms with van der Waals surface area (Å²) in [7, 11) is 0. The van der Waals surface area contributed by atoms with Gasteiger partial charge >= 0.3 is 6.03 Å². The Morgan fingerprint density at radius 2 is 1.87 bits per heavy atom. The maximum absolute atomic E-state index is 12.7. The van der Waals surface area contributed by atoms with Gasteiger partial charge in [-0.3, -0.25) is 14.5 Å². The standard InChI is InChI=1S/C18H22N2O3/c1-12-6-7-14(13(2)10-12)15(21)11-20-16(22)18(19-17(20)23)8-4-3-5-9-18/h6-7,10H,3-5,8-9,11H2,1-2H3,(H,19,23). The number of imide groups is 1. The van der Waals surface area contributed by atoms with Gasteiger partial charge in [-0.2, -0.15) is 0 Å². The molecule has 0 aromatic heterocycles. The van der Waals surface area contributed by atoms with Gasteiger partial charge < -0.3 is 5.32 Å². The second-order valence-corrected chi connectivity index (χ2v) is 6.71. The van der Waals surface area contributed by atoms with Crippen molar-refractivity contribution >= 4 is 17.7 Å². The van der Waals surface area contributed by atoms with Crippen LogP contribution in [-0.4, -0.2) is 34.7 Å². The number of carbonyl (C=O) groups excluding carboxylic acids is 3. The summed E-state index contributed by atoms with van der Waals surface area (Å²) in [5.74, 6) is -0.431. The van der Waals surface area contributed by atoms with Crippen LogP contribution in [0.4, 0.5) is 4.79 Å². The van der Waals surface area contributed by atoms with E-state index in [1.165, 1.54) is 0 Å². The van der Waals surface area contributed by atoms with Gasteiger partial charge in [0.2, 0.25) is 0 Å². The molecule has 1 N–H and O–H groups in total. The highest BCUT2D eigenvalue weighted by molar-refractivity contribution is 6.11. The molecule has 0 unspecified atom stereocenters. The zero-order chi connectivity index (χ0) is 16.6. The van der Waals surface area contributed by atoms with E-state index in [0.29, 0.717) is 18.4 Å². The van der Waals surface area contributed by atoms with Crippen molar-refractivity contribution < 1.29 is 14.4 Å². The summed E-state index contributed by atoms with van der Waals surface area (Å²) in [5.41, 5.74) is 1.75. The first-order chi connectivity index (χ1) is 10.9. The smallest absolute Gasteiger partial charge is 0.323 e. The average molecular weight is 314 g/mol. The van der Waals surface area contributed by atoms with Gasteiger partial charge in [-0.25, -0.2) is 4.79 Å². The zero-order valence-corrected chi connectivity index (χ0v) is 13.6. The van der Waals surface area contributed by atoms with Gasteiger partial charge in [-0.15, -0.1) is 0 Å². The lowest BCUT2D eigenvalue weighted by Crippen LogP contribution is -2.48. The summed E-state index contributed by atoms with van der Waals surface area (Å²) in [5, 5.41) is 2.83. The third kappa shape index (κ3) is 2.76. The summed E-state index contributed by atoms with van der Waals surface area (Å²) in [6.07, 6.45) is 4.31. The molecule has 1 saturated heterocycles. The monoisotopic (exact) mass is 314 g/mol. The lowest BCUT2D eigenvalue weighted by molar-refractivity contribution is -0.132. The van der Waals surface area contributed by atoms with E-state index in [9.17, 15) is 14.4 Å². The third-order valence-electron chi connectivity index (χ3n) is 4.94. The molecule has 1 heterocycles. The molecule has 1 aliphatic carbocycles. The minimum atomic E-state index is -0.766.